The third-order valence-corrected chi connectivity index (χ3v) is 3.60. The van der Waals surface area contributed by atoms with Crippen molar-refractivity contribution >= 4 is 17.3 Å². The van der Waals surface area contributed by atoms with Crippen LogP contribution in [-0.2, 0) is 0 Å². The van der Waals surface area contributed by atoms with Gasteiger partial charge in [0.2, 0.25) is 0 Å². The van der Waals surface area contributed by atoms with Crippen molar-refractivity contribution in [1.82, 2.24) is 10.6 Å². The molecule has 0 radical (unpaired) electrons. The zero-order valence-electron chi connectivity index (χ0n) is 11.4. The highest BCUT2D eigenvalue weighted by atomic mass is 32.1. The first-order valence-corrected chi connectivity index (χ1v) is 7.14. The molecule has 0 spiro atoms. The lowest BCUT2D eigenvalue weighted by molar-refractivity contribution is 0.696. The Labute approximate surface area is 115 Å². The topological polar surface area (TPSA) is 24.1 Å². The SMILES string of the molecule is CC(C)c1ccc(C(C)NC(=S)NC2CC2)cc1. The van der Waals surface area contributed by atoms with E-state index in [0.29, 0.717) is 12.0 Å². The quantitative estimate of drug-likeness (QED) is 0.812. The second kappa shape index (κ2) is 5.70. The van der Waals surface area contributed by atoms with Crippen molar-refractivity contribution in [3.63, 3.8) is 0 Å². The van der Waals surface area contributed by atoms with Gasteiger partial charge in [0, 0.05) is 6.04 Å². The molecule has 1 unspecified atom stereocenters. The lowest BCUT2D eigenvalue weighted by Gasteiger charge is -2.18. The maximum absolute atomic E-state index is 5.29. The molecule has 2 nitrogen and oxygen atoms in total. The smallest absolute Gasteiger partial charge is 0.166 e. The summed E-state index contributed by atoms with van der Waals surface area (Å²) in [6.45, 7) is 6.57. The number of thiocarbonyl (C=S) groups is 1. The molecule has 1 saturated carbocycles. The first-order chi connectivity index (χ1) is 8.56. The Morgan fingerprint density at radius 1 is 1.11 bits per heavy atom. The van der Waals surface area contributed by atoms with E-state index in [2.05, 4.69) is 55.7 Å². The van der Waals surface area contributed by atoms with E-state index in [0.717, 1.165) is 5.11 Å². The Hall–Kier alpha value is -1.09. The molecule has 2 rings (SSSR count). The molecule has 1 aromatic carbocycles. The summed E-state index contributed by atoms with van der Waals surface area (Å²) in [7, 11) is 0. The van der Waals surface area contributed by atoms with E-state index in [-0.39, 0.29) is 6.04 Å². The van der Waals surface area contributed by atoms with Gasteiger partial charge in [-0.15, -0.1) is 0 Å². The molecule has 0 heterocycles. The van der Waals surface area contributed by atoms with Gasteiger partial charge in [0.15, 0.2) is 5.11 Å². The first-order valence-electron chi connectivity index (χ1n) is 6.73. The first kappa shape index (κ1) is 13.3. The van der Waals surface area contributed by atoms with Gasteiger partial charge in [-0.05, 0) is 49.0 Å². The van der Waals surface area contributed by atoms with Crippen LogP contribution >= 0.6 is 12.2 Å². The molecular formula is C15H22N2S. The number of benzene rings is 1. The molecule has 0 aliphatic heterocycles. The Morgan fingerprint density at radius 3 is 2.17 bits per heavy atom. The Balaban J connectivity index is 1.90. The normalized spacial score (nSPS) is 16.4. The van der Waals surface area contributed by atoms with Crippen LogP contribution in [0.5, 0.6) is 0 Å². The highest BCUT2D eigenvalue weighted by molar-refractivity contribution is 7.80. The fraction of sp³-hybridized carbons (Fsp3) is 0.533. The van der Waals surface area contributed by atoms with E-state index in [4.69, 9.17) is 12.2 Å². The predicted octanol–water partition coefficient (Wildman–Crippen LogP) is 3.50. The Bertz CT molecular complexity index is 407. The van der Waals surface area contributed by atoms with E-state index < -0.39 is 0 Å². The van der Waals surface area contributed by atoms with Crippen molar-refractivity contribution in [2.75, 3.05) is 0 Å². The average molecular weight is 262 g/mol. The number of hydrogen-bond donors (Lipinski definition) is 2. The zero-order valence-corrected chi connectivity index (χ0v) is 12.2. The van der Waals surface area contributed by atoms with Crippen molar-refractivity contribution < 1.29 is 0 Å². The molecular weight excluding hydrogens is 240 g/mol. The van der Waals surface area contributed by atoms with Gasteiger partial charge in [0.05, 0.1) is 6.04 Å². The van der Waals surface area contributed by atoms with Crippen molar-refractivity contribution in [1.29, 1.82) is 0 Å². The van der Waals surface area contributed by atoms with Gasteiger partial charge in [0.25, 0.3) is 0 Å². The highest BCUT2D eigenvalue weighted by Gasteiger charge is 2.22. The standard InChI is InChI=1S/C15H22N2S/c1-10(2)12-4-6-13(7-5-12)11(3)16-15(18)17-14-8-9-14/h4-7,10-11,14H,8-9H2,1-3H3,(H2,16,17,18). The van der Waals surface area contributed by atoms with Crippen LogP contribution in [0.1, 0.15) is 56.7 Å². The van der Waals surface area contributed by atoms with Gasteiger partial charge in [-0.2, -0.15) is 0 Å². The average Bonchev–Trinajstić information content (AvgIpc) is 3.12. The fourth-order valence-corrected chi connectivity index (χ4v) is 2.25. The lowest BCUT2D eigenvalue weighted by Crippen LogP contribution is -2.37. The minimum absolute atomic E-state index is 0.255. The second-order valence-electron chi connectivity index (χ2n) is 5.44. The Morgan fingerprint density at radius 2 is 1.67 bits per heavy atom. The summed E-state index contributed by atoms with van der Waals surface area (Å²) in [5, 5.41) is 7.42. The van der Waals surface area contributed by atoms with E-state index in [1.54, 1.807) is 0 Å². The van der Waals surface area contributed by atoms with Gasteiger partial charge >= 0.3 is 0 Å². The van der Waals surface area contributed by atoms with E-state index in [1.165, 1.54) is 24.0 Å². The molecule has 1 aromatic rings. The molecule has 0 saturated heterocycles. The number of nitrogens with one attached hydrogen (secondary N) is 2. The molecule has 1 atom stereocenters. The summed E-state index contributed by atoms with van der Waals surface area (Å²) >= 11 is 5.29. The van der Waals surface area contributed by atoms with Gasteiger partial charge in [-0.3, -0.25) is 0 Å². The summed E-state index contributed by atoms with van der Waals surface area (Å²) in [4.78, 5) is 0. The fourth-order valence-electron chi connectivity index (χ4n) is 1.90. The predicted molar refractivity (Wildman–Crippen MR) is 80.8 cm³/mol. The van der Waals surface area contributed by atoms with Crippen LogP contribution < -0.4 is 10.6 Å². The van der Waals surface area contributed by atoms with Crippen LogP contribution in [0.15, 0.2) is 24.3 Å². The number of hydrogen-bond acceptors (Lipinski definition) is 1. The van der Waals surface area contributed by atoms with Crippen LogP contribution in [0.2, 0.25) is 0 Å². The maximum Gasteiger partial charge on any atom is 0.166 e. The summed E-state index contributed by atoms with van der Waals surface area (Å²) in [5.41, 5.74) is 2.66. The van der Waals surface area contributed by atoms with Gasteiger partial charge in [-0.1, -0.05) is 38.1 Å². The van der Waals surface area contributed by atoms with E-state index in [9.17, 15) is 0 Å². The molecule has 98 valence electrons. The van der Waals surface area contributed by atoms with Crippen molar-refractivity contribution in [2.24, 2.45) is 0 Å². The maximum atomic E-state index is 5.29. The molecule has 0 amide bonds. The molecule has 3 heteroatoms. The second-order valence-corrected chi connectivity index (χ2v) is 5.84. The summed E-state index contributed by atoms with van der Waals surface area (Å²) in [6, 6.07) is 9.65. The van der Waals surface area contributed by atoms with Crippen molar-refractivity contribution in [3.8, 4) is 0 Å². The third-order valence-electron chi connectivity index (χ3n) is 3.36. The van der Waals surface area contributed by atoms with Crippen molar-refractivity contribution in [2.45, 2.75) is 51.6 Å². The molecule has 1 fully saturated rings. The monoisotopic (exact) mass is 262 g/mol. The van der Waals surface area contributed by atoms with Crippen LogP contribution in [-0.4, -0.2) is 11.2 Å². The summed E-state index contributed by atoms with van der Waals surface area (Å²) in [6.07, 6.45) is 2.50. The van der Waals surface area contributed by atoms with Gasteiger partial charge in [-0.25, -0.2) is 0 Å². The van der Waals surface area contributed by atoms with Crippen molar-refractivity contribution in [3.05, 3.63) is 35.4 Å². The zero-order chi connectivity index (χ0) is 13.1. The molecule has 1 aliphatic carbocycles. The molecule has 1 aliphatic rings. The van der Waals surface area contributed by atoms with Crippen LogP contribution in [0.3, 0.4) is 0 Å². The molecule has 0 aromatic heterocycles. The van der Waals surface area contributed by atoms with Crippen LogP contribution in [0.4, 0.5) is 0 Å². The third kappa shape index (κ3) is 3.70. The number of rotatable bonds is 4. The Kier molecular flexibility index (Phi) is 4.23. The van der Waals surface area contributed by atoms with Crippen LogP contribution in [0, 0.1) is 0 Å². The minimum atomic E-state index is 0.255. The highest BCUT2D eigenvalue weighted by Crippen LogP contribution is 2.20. The van der Waals surface area contributed by atoms with E-state index >= 15 is 0 Å². The minimum Gasteiger partial charge on any atom is -0.360 e. The largest absolute Gasteiger partial charge is 0.360 e. The van der Waals surface area contributed by atoms with Gasteiger partial charge in [0.1, 0.15) is 0 Å². The van der Waals surface area contributed by atoms with Gasteiger partial charge < -0.3 is 10.6 Å². The van der Waals surface area contributed by atoms with Crippen LogP contribution in [0.25, 0.3) is 0 Å². The lowest BCUT2D eigenvalue weighted by atomic mass is 10.00. The summed E-state index contributed by atoms with van der Waals surface area (Å²) < 4.78 is 0. The summed E-state index contributed by atoms with van der Waals surface area (Å²) in [5.74, 6) is 0.583. The molecule has 18 heavy (non-hydrogen) atoms. The van der Waals surface area contributed by atoms with E-state index in [1.807, 2.05) is 0 Å². The molecule has 2 N–H and O–H groups in total. The molecule has 0 bridgehead atoms.